The minimum Gasteiger partial charge on any atom is -0.441 e. The second-order valence-electron chi connectivity index (χ2n) is 7.57. The van der Waals surface area contributed by atoms with E-state index in [4.69, 9.17) is 4.42 Å². The van der Waals surface area contributed by atoms with Gasteiger partial charge in [-0.25, -0.2) is 13.4 Å². The molecule has 12 heteroatoms. The number of oxazole rings is 1. The van der Waals surface area contributed by atoms with Crippen molar-refractivity contribution in [3.05, 3.63) is 35.9 Å². The van der Waals surface area contributed by atoms with Gasteiger partial charge in [0.25, 0.3) is 0 Å². The second kappa shape index (κ2) is 7.80. The Hall–Kier alpha value is -2.08. The summed E-state index contributed by atoms with van der Waals surface area (Å²) in [5.41, 5.74) is -5.49. The van der Waals surface area contributed by atoms with Gasteiger partial charge >= 0.3 is 18.0 Å². The van der Waals surface area contributed by atoms with Gasteiger partial charge in [-0.3, -0.25) is 0 Å². The zero-order chi connectivity index (χ0) is 23.2. The van der Waals surface area contributed by atoms with E-state index in [1.54, 1.807) is 0 Å². The van der Waals surface area contributed by atoms with Crippen LogP contribution < -0.4 is 0 Å². The van der Waals surface area contributed by atoms with Crippen molar-refractivity contribution >= 4 is 9.84 Å². The van der Waals surface area contributed by atoms with E-state index in [1.807, 2.05) is 0 Å². The molecular formula is C19H19F6NO4S. The first-order chi connectivity index (χ1) is 14.2. The van der Waals surface area contributed by atoms with Gasteiger partial charge in [0, 0.05) is 17.7 Å². The van der Waals surface area contributed by atoms with Gasteiger partial charge in [-0.2, -0.15) is 26.3 Å². The Morgan fingerprint density at radius 1 is 0.968 bits per heavy atom. The molecule has 0 aliphatic heterocycles. The molecule has 31 heavy (non-hydrogen) atoms. The molecule has 5 nitrogen and oxygen atoms in total. The molecule has 2 aromatic rings. The molecule has 0 radical (unpaired) electrons. The lowest BCUT2D eigenvalue weighted by Gasteiger charge is -2.29. The first kappa shape index (κ1) is 23.6. The van der Waals surface area contributed by atoms with Crippen molar-refractivity contribution in [3.8, 4) is 11.3 Å². The molecule has 1 aliphatic rings. The smallest absolute Gasteiger partial charge is 0.435 e. The number of hydrogen-bond acceptors (Lipinski definition) is 5. The Kier molecular flexibility index (Phi) is 5.94. The van der Waals surface area contributed by atoms with E-state index < -0.39 is 39.6 Å². The standard InChI is InChI=1S/C19H19F6NO4S/c1-31(28,29)13-9-7-11(8-10-13)14-15(12-5-3-2-4-6-12)30-16(26-14)17(27,18(20,21)22)19(23,24)25/h7-10,12,27H,2-6H2,1H3. The lowest BCUT2D eigenvalue weighted by molar-refractivity contribution is -0.382. The average Bonchev–Trinajstić information content (AvgIpc) is 3.11. The van der Waals surface area contributed by atoms with Crippen molar-refractivity contribution in [2.75, 3.05) is 6.26 Å². The van der Waals surface area contributed by atoms with Crippen LogP contribution in [-0.4, -0.2) is 37.1 Å². The van der Waals surface area contributed by atoms with Crippen LogP contribution in [-0.2, 0) is 15.4 Å². The zero-order valence-corrected chi connectivity index (χ0v) is 17.0. The summed E-state index contributed by atoms with van der Waals surface area (Å²) < 4.78 is 108. The summed E-state index contributed by atoms with van der Waals surface area (Å²) in [6.45, 7) is 0. The lowest BCUT2D eigenvalue weighted by Crippen LogP contribution is -2.54. The Morgan fingerprint density at radius 2 is 1.48 bits per heavy atom. The number of benzene rings is 1. The third kappa shape index (κ3) is 4.32. The summed E-state index contributed by atoms with van der Waals surface area (Å²) in [6.07, 6.45) is -8.08. The van der Waals surface area contributed by atoms with Crippen LogP contribution in [0.5, 0.6) is 0 Å². The molecule has 0 atom stereocenters. The third-order valence-corrected chi connectivity index (χ3v) is 6.44. The van der Waals surface area contributed by atoms with Crippen LogP contribution in [0.15, 0.2) is 33.6 Å². The van der Waals surface area contributed by atoms with Crippen LogP contribution in [0.3, 0.4) is 0 Å². The maximum Gasteiger partial charge on any atom is 0.435 e. The van der Waals surface area contributed by atoms with E-state index in [0.717, 1.165) is 12.7 Å². The third-order valence-electron chi connectivity index (χ3n) is 5.32. The van der Waals surface area contributed by atoms with Gasteiger partial charge in [-0.05, 0) is 25.0 Å². The van der Waals surface area contributed by atoms with Crippen LogP contribution in [0.2, 0.25) is 0 Å². The number of halogens is 6. The molecule has 1 aromatic heterocycles. The van der Waals surface area contributed by atoms with Crippen molar-refractivity contribution in [2.24, 2.45) is 0 Å². The number of alkyl halides is 6. The highest BCUT2D eigenvalue weighted by Gasteiger charge is 2.75. The lowest BCUT2D eigenvalue weighted by atomic mass is 9.86. The van der Waals surface area contributed by atoms with Crippen molar-refractivity contribution in [3.63, 3.8) is 0 Å². The number of aromatic nitrogens is 1. The maximum absolute atomic E-state index is 13.3. The van der Waals surface area contributed by atoms with Gasteiger partial charge in [-0.1, -0.05) is 31.4 Å². The van der Waals surface area contributed by atoms with E-state index in [0.29, 0.717) is 25.7 Å². The predicted molar refractivity (Wildman–Crippen MR) is 96.9 cm³/mol. The van der Waals surface area contributed by atoms with Crippen molar-refractivity contribution < 1.29 is 44.3 Å². The van der Waals surface area contributed by atoms with Crippen LogP contribution in [0.1, 0.15) is 49.7 Å². The highest BCUT2D eigenvalue weighted by Crippen LogP contribution is 2.51. The summed E-state index contributed by atoms with van der Waals surface area (Å²) in [5, 5.41) is 9.70. The van der Waals surface area contributed by atoms with Gasteiger partial charge in [0.2, 0.25) is 5.89 Å². The quantitative estimate of drug-likeness (QED) is 0.628. The molecule has 1 saturated carbocycles. The normalized spacial score (nSPS) is 17.2. The largest absolute Gasteiger partial charge is 0.441 e. The van der Waals surface area contributed by atoms with E-state index in [-0.39, 0.29) is 21.9 Å². The zero-order valence-electron chi connectivity index (χ0n) is 16.2. The fourth-order valence-electron chi connectivity index (χ4n) is 3.60. The molecule has 1 aliphatic carbocycles. The first-order valence-electron chi connectivity index (χ1n) is 9.34. The van der Waals surface area contributed by atoms with Crippen LogP contribution in [0.4, 0.5) is 26.3 Å². The van der Waals surface area contributed by atoms with Crippen LogP contribution >= 0.6 is 0 Å². The fraction of sp³-hybridized carbons (Fsp3) is 0.526. The van der Waals surface area contributed by atoms with E-state index in [2.05, 4.69) is 4.98 Å². The molecule has 0 spiro atoms. The fourth-order valence-corrected chi connectivity index (χ4v) is 4.23. The molecular weight excluding hydrogens is 452 g/mol. The van der Waals surface area contributed by atoms with Gasteiger partial charge in [0.1, 0.15) is 11.5 Å². The van der Waals surface area contributed by atoms with Crippen molar-refractivity contribution in [2.45, 2.75) is 60.9 Å². The van der Waals surface area contributed by atoms with Gasteiger partial charge < -0.3 is 9.52 Å². The molecule has 172 valence electrons. The van der Waals surface area contributed by atoms with E-state index >= 15 is 0 Å². The highest BCUT2D eigenvalue weighted by atomic mass is 32.2. The molecule has 0 saturated heterocycles. The molecule has 1 heterocycles. The van der Waals surface area contributed by atoms with Crippen LogP contribution in [0.25, 0.3) is 11.3 Å². The van der Waals surface area contributed by atoms with E-state index in [9.17, 15) is 39.9 Å². The summed E-state index contributed by atoms with van der Waals surface area (Å²) in [7, 11) is -3.57. The second-order valence-corrected chi connectivity index (χ2v) is 9.59. The molecule has 0 bridgehead atoms. The molecule has 1 N–H and O–H groups in total. The molecule has 1 aromatic carbocycles. The van der Waals surface area contributed by atoms with E-state index in [1.165, 1.54) is 24.3 Å². The summed E-state index contributed by atoms with van der Waals surface area (Å²) in [6, 6.07) is 4.79. The summed E-state index contributed by atoms with van der Waals surface area (Å²) in [4.78, 5) is 3.36. The van der Waals surface area contributed by atoms with Gasteiger partial charge in [0.05, 0.1) is 4.90 Å². The first-order valence-corrected chi connectivity index (χ1v) is 11.2. The van der Waals surface area contributed by atoms with Crippen LogP contribution in [0, 0.1) is 0 Å². The summed E-state index contributed by atoms with van der Waals surface area (Å²) in [5.74, 6) is -2.57. The molecule has 0 unspecified atom stereocenters. The Balaban J connectivity index is 2.19. The highest BCUT2D eigenvalue weighted by molar-refractivity contribution is 7.90. The topological polar surface area (TPSA) is 80.4 Å². The van der Waals surface area contributed by atoms with Gasteiger partial charge in [0.15, 0.2) is 9.84 Å². The Labute approximate surface area is 174 Å². The predicted octanol–water partition coefficient (Wildman–Crippen LogP) is 5.11. The Morgan fingerprint density at radius 3 is 1.94 bits per heavy atom. The Bertz CT molecular complexity index is 1020. The number of sulfone groups is 1. The molecule has 3 rings (SSSR count). The van der Waals surface area contributed by atoms with Crippen molar-refractivity contribution in [1.82, 2.24) is 4.98 Å². The number of hydrogen-bond donors (Lipinski definition) is 1. The SMILES string of the molecule is CS(=O)(=O)c1ccc(-c2nc(C(O)(C(F)(F)F)C(F)(F)F)oc2C2CCCCC2)cc1. The summed E-state index contributed by atoms with van der Waals surface area (Å²) >= 11 is 0. The van der Waals surface area contributed by atoms with Gasteiger partial charge in [-0.15, -0.1) is 0 Å². The number of aliphatic hydroxyl groups is 1. The average molecular weight is 471 g/mol. The number of rotatable bonds is 4. The number of nitrogens with zero attached hydrogens (tertiary/aromatic N) is 1. The molecule has 1 fully saturated rings. The minimum atomic E-state index is -6.13. The van der Waals surface area contributed by atoms with Crippen molar-refractivity contribution in [1.29, 1.82) is 0 Å². The monoisotopic (exact) mass is 471 g/mol. The minimum absolute atomic E-state index is 0.0784. The maximum atomic E-state index is 13.3. The molecule has 0 amide bonds.